The maximum atomic E-state index is 14.0. The molecule has 0 saturated carbocycles. The van der Waals surface area contributed by atoms with Gasteiger partial charge in [-0.1, -0.05) is 35.9 Å². The first-order chi connectivity index (χ1) is 10.2. The van der Waals surface area contributed by atoms with Gasteiger partial charge in [-0.3, -0.25) is 0 Å². The van der Waals surface area contributed by atoms with Crippen LogP contribution in [-0.2, 0) is 5.88 Å². The molecule has 0 aliphatic rings. The molecule has 21 heavy (non-hydrogen) atoms. The number of pyridine rings is 1. The average Bonchev–Trinajstić information content (AvgIpc) is 2.51. The lowest BCUT2D eigenvalue weighted by Crippen LogP contribution is -1.95. The zero-order chi connectivity index (χ0) is 14.8. The highest BCUT2D eigenvalue weighted by atomic mass is 35.5. The minimum atomic E-state index is -0.610. The van der Waals surface area contributed by atoms with E-state index in [9.17, 15) is 4.39 Å². The van der Waals surface area contributed by atoms with Crippen LogP contribution in [0.15, 0.2) is 48.5 Å². The minimum Gasteiger partial charge on any atom is -0.435 e. The van der Waals surface area contributed by atoms with Crippen LogP contribution in [0.25, 0.3) is 10.8 Å². The van der Waals surface area contributed by atoms with E-state index in [0.717, 1.165) is 10.8 Å². The van der Waals surface area contributed by atoms with Crippen LogP contribution in [0.3, 0.4) is 0 Å². The normalized spacial score (nSPS) is 10.8. The number of nitrogens with zero attached hydrogens (tertiary/aromatic N) is 1. The van der Waals surface area contributed by atoms with Crippen LogP contribution in [0.5, 0.6) is 11.6 Å². The van der Waals surface area contributed by atoms with Crippen LogP contribution in [0.1, 0.15) is 5.69 Å². The Bertz CT molecular complexity index is 807. The summed E-state index contributed by atoms with van der Waals surface area (Å²) < 4.78 is 19.6. The fraction of sp³-hybridized carbons (Fsp3) is 0.0625. The predicted octanol–water partition coefficient (Wildman–Crippen LogP) is 5.56. The molecule has 1 aromatic heterocycles. The summed E-state index contributed by atoms with van der Waals surface area (Å²) in [7, 11) is 0. The van der Waals surface area contributed by atoms with E-state index in [-0.39, 0.29) is 16.7 Å². The highest BCUT2D eigenvalue weighted by molar-refractivity contribution is 6.30. The molecule has 3 aromatic rings. The topological polar surface area (TPSA) is 22.1 Å². The SMILES string of the molecule is Fc1c(Cl)cccc1Oc1nc(CCl)cc2ccccc12. The summed E-state index contributed by atoms with van der Waals surface area (Å²) >= 11 is 11.6. The number of hydrogen-bond acceptors (Lipinski definition) is 2. The first-order valence-corrected chi connectivity index (χ1v) is 7.17. The molecule has 2 nitrogen and oxygen atoms in total. The lowest BCUT2D eigenvalue weighted by atomic mass is 10.1. The van der Waals surface area contributed by atoms with Crippen LogP contribution in [0.4, 0.5) is 4.39 Å². The van der Waals surface area contributed by atoms with E-state index in [1.54, 1.807) is 6.07 Å². The maximum Gasteiger partial charge on any atom is 0.227 e. The average molecular weight is 322 g/mol. The van der Waals surface area contributed by atoms with E-state index in [4.69, 9.17) is 27.9 Å². The Labute approximate surface area is 131 Å². The van der Waals surface area contributed by atoms with Gasteiger partial charge in [0.2, 0.25) is 5.88 Å². The lowest BCUT2D eigenvalue weighted by molar-refractivity contribution is 0.431. The van der Waals surface area contributed by atoms with Gasteiger partial charge in [0, 0.05) is 5.39 Å². The van der Waals surface area contributed by atoms with Gasteiger partial charge in [-0.25, -0.2) is 9.37 Å². The molecule has 0 aliphatic carbocycles. The Kier molecular flexibility index (Phi) is 3.95. The summed E-state index contributed by atoms with van der Waals surface area (Å²) in [6.45, 7) is 0. The van der Waals surface area contributed by atoms with Gasteiger partial charge in [0.15, 0.2) is 11.6 Å². The molecule has 0 bridgehead atoms. The number of ether oxygens (including phenoxy) is 1. The van der Waals surface area contributed by atoms with Gasteiger partial charge in [0.1, 0.15) is 0 Å². The summed E-state index contributed by atoms with van der Waals surface area (Å²) in [6.07, 6.45) is 0. The van der Waals surface area contributed by atoms with Crippen molar-refractivity contribution >= 4 is 34.0 Å². The molecular weight excluding hydrogens is 312 g/mol. The second kappa shape index (κ2) is 5.88. The third-order valence-corrected chi connectivity index (χ3v) is 3.58. The van der Waals surface area contributed by atoms with Gasteiger partial charge in [-0.2, -0.15) is 0 Å². The van der Waals surface area contributed by atoms with E-state index in [1.807, 2.05) is 30.3 Å². The molecule has 0 spiro atoms. The summed E-state index contributed by atoms with van der Waals surface area (Å²) in [4.78, 5) is 4.32. The summed E-state index contributed by atoms with van der Waals surface area (Å²) in [5, 5.41) is 1.72. The quantitative estimate of drug-likeness (QED) is 0.589. The molecule has 3 rings (SSSR count). The fourth-order valence-electron chi connectivity index (χ4n) is 2.03. The third-order valence-electron chi connectivity index (χ3n) is 3.02. The van der Waals surface area contributed by atoms with Crippen molar-refractivity contribution < 1.29 is 9.13 Å². The monoisotopic (exact) mass is 321 g/mol. The van der Waals surface area contributed by atoms with Crippen molar-refractivity contribution in [3.05, 3.63) is 65.1 Å². The molecule has 0 fully saturated rings. The second-order valence-electron chi connectivity index (χ2n) is 4.43. The molecule has 0 amide bonds. The van der Waals surface area contributed by atoms with Crippen molar-refractivity contribution in [3.63, 3.8) is 0 Å². The summed E-state index contributed by atoms with van der Waals surface area (Å²) in [6, 6.07) is 14.0. The van der Waals surface area contributed by atoms with Crippen LogP contribution in [-0.4, -0.2) is 4.98 Å². The van der Waals surface area contributed by atoms with Crippen LogP contribution in [0.2, 0.25) is 5.02 Å². The fourth-order valence-corrected chi connectivity index (χ4v) is 2.34. The standard InChI is InChI=1S/C16H10Cl2FNO/c17-9-11-8-10-4-1-2-5-12(10)16(20-11)21-14-7-3-6-13(18)15(14)19/h1-8H,9H2. The zero-order valence-corrected chi connectivity index (χ0v) is 12.3. The minimum absolute atomic E-state index is 0.00491. The molecule has 0 atom stereocenters. The number of aromatic nitrogens is 1. The van der Waals surface area contributed by atoms with E-state index < -0.39 is 5.82 Å². The number of fused-ring (bicyclic) bond motifs is 1. The smallest absolute Gasteiger partial charge is 0.227 e. The van der Waals surface area contributed by atoms with Crippen molar-refractivity contribution in [2.24, 2.45) is 0 Å². The predicted molar refractivity (Wildman–Crippen MR) is 82.8 cm³/mol. The highest BCUT2D eigenvalue weighted by Gasteiger charge is 2.12. The van der Waals surface area contributed by atoms with E-state index in [1.165, 1.54) is 12.1 Å². The van der Waals surface area contributed by atoms with Crippen molar-refractivity contribution in [2.45, 2.75) is 5.88 Å². The molecular formula is C16H10Cl2FNO. The molecule has 106 valence electrons. The largest absolute Gasteiger partial charge is 0.435 e. The number of alkyl halides is 1. The van der Waals surface area contributed by atoms with E-state index in [0.29, 0.717) is 11.6 Å². The van der Waals surface area contributed by atoms with E-state index in [2.05, 4.69) is 4.98 Å². The zero-order valence-electron chi connectivity index (χ0n) is 10.8. The second-order valence-corrected chi connectivity index (χ2v) is 5.10. The molecule has 1 heterocycles. The first-order valence-electron chi connectivity index (χ1n) is 6.25. The van der Waals surface area contributed by atoms with Gasteiger partial charge in [0.25, 0.3) is 0 Å². The van der Waals surface area contributed by atoms with Gasteiger partial charge in [-0.15, -0.1) is 11.6 Å². The Morgan fingerprint density at radius 3 is 2.71 bits per heavy atom. The number of rotatable bonds is 3. The Morgan fingerprint density at radius 1 is 1.10 bits per heavy atom. The summed E-state index contributed by atoms with van der Waals surface area (Å²) in [5.41, 5.74) is 0.660. The van der Waals surface area contributed by atoms with Crippen molar-refractivity contribution in [2.75, 3.05) is 0 Å². The number of benzene rings is 2. The van der Waals surface area contributed by atoms with Crippen molar-refractivity contribution in [1.82, 2.24) is 4.98 Å². The molecule has 0 saturated heterocycles. The molecule has 0 aliphatic heterocycles. The lowest BCUT2D eigenvalue weighted by Gasteiger charge is -2.10. The molecule has 2 aromatic carbocycles. The van der Waals surface area contributed by atoms with Gasteiger partial charge in [0.05, 0.1) is 16.6 Å². The Morgan fingerprint density at radius 2 is 1.90 bits per heavy atom. The highest BCUT2D eigenvalue weighted by Crippen LogP contribution is 2.32. The van der Waals surface area contributed by atoms with Crippen LogP contribution >= 0.6 is 23.2 Å². The number of halogens is 3. The van der Waals surface area contributed by atoms with Crippen LogP contribution in [0, 0.1) is 5.82 Å². The third kappa shape index (κ3) is 2.80. The Hall–Kier alpha value is -1.84. The molecule has 0 N–H and O–H groups in total. The van der Waals surface area contributed by atoms with Crippen molar-refractivity contribution in [3.8, 4) is 11.6 Å². The van der Waals surface area contributed by atoms with Gasteiger partial charge < -0.3 is 4.74 Å². The molecule has 0 unspecified atom stereocenters. The summed E-state index contributed by atoms with van der Waals surface area (Å²) in [5.74, 6) is -0.0164. The van der Waals surface area contributed by atoms with Crippen molar-refractivity contribution in [1.29, 1.82) is 0 Å². The van der Waals surface area contributed by atoms with Gasteiger partial charge in [-0.05, 0) is 29.7 Å². The molecule has 5 heteroatoms. The van der Waals surface area contributed by atoms with Gasteiger partial charge >= 0.3 is 0 Å². The number of hydrogen-bond donors (Lipinski definition) is 0. The first kappa shape index (κ1) is 14.1. The Balaban J connectivity index is 2.13. The van der Waals surface area contributed by atoms with E-state index >= 15 is 0 Å². The maximum absolute atomic E-state index is 14.0. The van der Waals surface area contributed by atoms with Crippen LogP contribution < -0.4 is 4.74 Å². The molecule has 0 radical (unpaired) electrons.